The van der Waals surface area contributed by atoms with Crippen molar-refractivity contribution in [2.24, 2.45) is 5.92 Å². The van der Waals surface area contributed by atoms with Gasteiger partial charge in [0.2, 0.25) is 0 Å². The third-order valence-electron chi connectivity index (χ3n) is 5.32. The molecule has 4 heteroatoms. The molecule has 2 aromatic carbocycles. The highest BCUT2D eigenvalue weighted by molar-refractivity contribution is 5.91. The van der Waals surface area contributed by atoms with Crippen molar-refractivity contribution < 1.29 is 19.1 Å². The average Bonchev–Trinajstić information content (AvgIpc) is 2.73. The molecule has 146 valence electrons. The molecule has 0 bridgehead atoms. The van der Waals surface area contributed by atoms with E-state index in [9.17, 15) is 9.59 Å². The van der Waals surface area contributed by atoms with Crippen LogP contribution in [-0.4, -0.2) is 11.9 Å². The number of ether oxygens (including phenoxy) is 2. The van der Waals surface area contributed by atoms with Gasteiger partial charge in [-0.2, -0.15) is 0 Å². The summed E-state index contributed by atoms with van der Waals surface area (Å²) in [5.41, 5.74) is 2.56. The van der Waals surface area contributed by atoms with Gasteiger partial charge < -0.3 is 9.47 Å². The lowest BCUT2D eigenvalue weighted by Gasteiger charge is -2.26. The smallest absolute Gasteiger partial charge is 0.343 e. The second-order valence-electron chi connectivity index (χ2n) is 7.42. The van der Waals surface area contributed by atoms with Crippen molar-refractivity contribution in [2.75, 3.05) is 0 Å². The Bertz CT molecular complexity index is 813. The molecule has 1 saturated carbocycles. The first-order valence-corrected chi connectivity index (χ1v) is 9.75. The molecule has 0 saturated heterocycles. The van der Waals surface area contributed by atoms with Gasteiger partial charge in [0, 0.05) is 6.08 Å². The Labute approximate surface area is 166 Å². The van der Waals surface area contributed by atoms with Gasteiger partial charge in [-0.25, -0.2) is 9.59 Å². The Morgan fingerprint density at radius 1 is 1.00 bits per heavy atom. The highest BCUT2D eigenvalue weighted by atomic mass is 16.5. The molecule has 0 amide bonds. The summed E-state index contributed by atoms with van der Waals surface area (Å²) in [4.78, 5) is 23.4. The molecule has 28 heavy (non-hydrogen) atoms. The van der Waals surface area contributed by atoms with E-state index in [4.69, 9.17) is 9.47 Å². The van der Waals surface area contributed by atoms with Gasteiger partial charge in [0.1, 0.15) is 12.4 Å². The number of carbonyl (C=O) groups is 2. The first-order chi connectivity index (χ1) is 13.5. The standard InChI is InChI=1S/C24H26O4/c1-3-23(25)27-16-18-6-10-21(11-7-18)24(26)28-22-14-12-20(13-15-22)19-8-4-17(2)5-9-19/h3,6-7,10-15,17,19H,1,4-5,8-9,16H2,2H3. The Kier molecular flexibility index (Phi) is 6.64. The van der Waals surface area contributed by atoms with Crippen LogP contribution in [-0.2, 0) is 16.1 Å². The van der Waals surface area contributed by atoms with Gasteiger partial charge in [0.25, 0.3) is 0 Å². The van der Waals surface area contributed by atoms with Gasteiger partial charge in [-0.15, -0.1) is 0 Å². The molecule has 1 aliphatic rings. The minimum atomic E-state index is -0.477. The molecule has 0 heterocycles. The van der Waals surface area contributed by atoms with E-state index >= 15 is 0 Å². The second kappa shape index (κ2) is 9.36. The fourth-order valence-corrected chi connectivity index (χ4v) is 3.52. The van der Waals surface area contributed by atoms with Crippen molar-refractivity contribution in [1.82, 2.24) is 0 Å². The Morgan fingerprint density at radius 2 is 1.64 bits per heavy atom. The summed E-state index contributed by atoms with van der Waals surface area (Å²) in [7, 11) is 0. The number of esters is 2. The van der Waals surface area contributed by atoms with Crippen LogP contribution >= 0.6 is 0 Å². The van der Waals surface area contributed by atoms with E-state index in [1.165, 1.54) is 31.2 Å². The van der Waals surface area contributed by atoms with E-state index in [1.807, 2.05) is 12.1 Å². The van der Waals surface area contributed by atoms with E-state index in [0.29, 0.717) is 17.2 Å². The fraction of sp³-hybridized carbons (Fsp3) is 0.333. The summed E-state index contributed by atoms with van der Waals surface area (Å²) in [5.74, 6) is 1.10. The first-order valence-electron chi connectivity index (χ1n) is 9.75. The maximum Gasteiger partial charge on any atom is 0.343 e. The van der Waals surface area contributed by atoms with Gasteiger partial charge in [-0.3, -0.25) is 0 Å². The van der Waals surface area contributed by atoms with Gasteiger partial charge in [-0.05, 0) is 60.1 Å². The minimum absolute atomic E-state index is 0.140. The van der Waals surface area contributed by atoms with E-state index < -0.39 is 11.9 Å². The van der Waals surface area contributed by atoms with Crippen LogP contribution in [0.2, 0.25) is 0 Å². The van der Waals surface area contributed by atoms with E-state index in [-0.39, 0.29) is 6.61 Å². The summed E-state index contributed by atoms with van der Waals surface area (Å²) in [6.45, 7) is 5.81. The number of hydrogen-bond donors (Lipinski definition) is 0. The van der Waals surface area contributed by atoms with Crippen LogP contribution in [0.15, 0.2) is 61.2 Å². The lowest BCUT2D eigenvalue weighted by atomic mass is 9.79. The summed E-state index contributed by atoms with van der Waals surface area (Å²) < 4.78 is 10.4. The SMILES string of the molecule is C=CC(=O)OCc1ccc(C(=O)Oc2ccc(C3CCC(C)CC3)cc2)cc1. The third-order valence-corrected chi connectivity index (χ3v) is 5.32. The normalized spacial score (nSPS) is 18.9. The molecule has 0 radical (unpaired) electrons. The molecule has 4 nitrogen and oxygen atoms in total. The molecular weight excluding hydrogens is 352 g/mol. The Balaban J connectivity index is 1.55. The van der Waals surface area contributed by atoms with Crippen molar-refractivity contribution >= 4 is 11.9 Å². The lowest BCUT2D eigenvalue weighted by Crippen LogP contribution is -2.11. The van der Waals surface area contributed by atoms with Gasteiger partial charge in [0.05, 0.1) is 5.56 Å². The molecule has 1 fully saturated rings. The average molecular weight is 378 g/mol. The van der Waals surface area contributed by atoms with Gasteiger partial charge in [-0.1, -0.05) is 50.6 Å². The zero-order valence-electron chi connectivity index (χ0n) is 16.2. The van der Waals surface area contributed by atoms with Crippen molar-refractivity contribution in [2.45, 2.75) is 45.1 Å². The van der Waals surface area contributed by atoms with Crippen molar-refractivity contribution in [3.05, 3.63) is 77.9 Å². The quantitative estimate of drug-likeness (QED) is 0.382. The van der Waals surface area contributed by atoms with Crippen LogP contribution in [0.25, 0.3) is 0 Å². The van der Waals surface area contributed by atoms with Gasteiger partial charge >= 0.3 is 11.9 Å². The van der Waals surface area contributed by atoms with Crippen LogP contribution in [0, 0.1) is 5.92 Å². The molecule has 1 aliphatic carbocycles. The van der Waals surface area contributed by atoms with Crippen LogP contribution < -0.4 is 4.74 Å². The summed E-state index contributed by atoms with van der Waals surface area (Å²) in [6, 6.07) is 14.7. The molecule has 0 spiro atoms. The number of hydrogen-bond acceptors (Lipinski definition) is 4. The third kappa shape index (κ3) is 5.32. The van der Waals surface area contributed by atoms with E-state index in [2.05, 4.69) is 25.6 Å². The monoisotopic (exact) mass is 378 g/mol. The summed E-state index contributed by atoms with van der Waals surface area (Å²) in [6.07, 6.45) is 6.14. The molecule has 0 aliphatic heterocycles. The topological polar surface area (TPSA) is 52.6 Å². The molecule has 0 N–H and O–H groups in total. The predicted octanol–water partition coefficient (Wildman–Crippen LogP) is 5.43. The maximum absolute atomic E-state index is 12.3. The van der Waals surface area contributed by atoms with Crippen molar-refractivity contribution in [3.63, 3.8) is 0 Å². The summed E-state index contributed by atoms with van der Waals surface area (Å²) >= 11 is 0. The van der Waals surface area contributed by atoms with Crippen molar-refractivity contribution in [1.29, 1.82) is 0 Å². The Morgan fingerprint density at radius 3 is 2.25 bits per heavy atom. The van der Waals surface area contributed by atoms with E-state index in [0.717, 1.165) is 17.6 Å². The fourth-order valence-electron chi connectivity index (χ4n) is 3.52. The van der Waals surface area contributed by atoms with E-state index in [1.54, 1.807) is 24.3 Å². The summed E-state index contributed by atoms with van der Waals surface area (Å²) in [5, 5.41) is 0. The molecule has 0 unspecified atom stereocenters. The maximum atomic E-state index is 12.3. The van der Waals surface area contributed by atoms with Crippen LogP contribution in [0.5, 0.6) is 5.75 Å². The molecule has 3 rings (SSSR count). The molecule has 0 atom stereocenters. The lowest BCUT2D eigenvalue weighted by molar-refractivity contribution is -0.138. The zero-order valence-corrected chi connectivity index (χ0v) is 16.2. The highest BCUT2D eigenvalue weighted by Gasteiger charge is 2.19. The van der Waals surface area contributed by atoms with Gasteiger partial charge in [0.15, 0.2) is 0 Å². The molecule has 0 aromatic heterocycles. The van der Waals surface area contributed by atoms with Crippen LogP contribution in [0.3, 0.4) is 0 Å². The van der Waals surface area contributed by atoms with Crippen LogP contribution in [0.1, 0.15) is 60.0 Å². The molecule has 2 aromatic rings. The molecular formula is C24H26O4. The minimum Gasteiger partial charge on any atom is -0.458 e. The largest absolute Gasteiger partial charge is 0.458 e. The number of rotatable bonds is 6. The first kappa shape index (κ1) is 19.9. The second-order valence-corrected chi connectivity index (χ2v) is 7.42. The number of carbonyl (C=O) groups excluding carboxylic acids is 2. The predicted molar refractivity (Wildman–Crippen MR) is 108 cm³/mol. The van der Waals surface area contributed by atoms with Crippen LogP contribution in [0.4, 0.5) is 0 Å². The Hall–Kier alpha value is -2.88. The zero-order chi connectivity index (χ0) is 19.9. The van der Waals surface area contributed by atoms with Crippen molar-refractivity contribution in [3.8, 4) is 5.75 Å². The highest BCUT2D eigenvalue weighted by Crippen LogP contribution is 2.35. The number of benzene rings is 2.